The van der Waals surface area contributed by atoms with E-state index in [4.69, 9.17) is 27.4 Å². The van der Waals surface area contributed by atoms with Crippen LogP contribution in [0.5, 0.6) is 0 Å². The number of carbonyl (C=O) groups excluding carboxylic acids is 2. The fraction of sp³-hybridized carbons (Fsp3) is 0.786. The van der Waals surface area contributed by atoms with Gasteiger partial charge in [-0.2, -0.15) is 0 Å². The second kappa shape index (κ2) is 6.27. The summed E-state index contributed by atoms with van der Waals surface area (Å²) in [5.74, 6) is -0.544. The highest BCUT2D eigenvalue weighted by atomic mass is 32.1. The molecule has 2 N–H and O–H groups in total. The van der Waals surface area contributed by atoms with Gasteiger partial charge in [0.1, 0.15) is 5.41 Å². The number of rotatable bonds is 3. The molecule has 2 heterocycles. The number of likely N-dealkylation sites (tertiary alicyclic amines) is 1. The lowest BCUT2D eigenvalue weighted by atomic mass is 9.78. The molecule has 21 heavy (non-hydrogen) atoms. The number of ether oxygens (including phenoxy) is 2. The summed E-state index contributed by atoms with van der Waals surface area (Å²) >= 11 is 5.16. The minimum Gasteiger partial charge on any atom is -0.469 e. The van der Waals surface area contributed by atoms with E-state index in [0.29, 0.717) is 39.1 Å². The lowest BCUT2D eigenvalue weighted by Gasteiger charge is -2.37. The molecule has 2 saturated heterocycles. The number of nitrogens with two attached hydrogens (primary N) is 1. The molecule has 7 heteroatoms. The second-order valence-electron chi connectivity index (χ2n) is 5.88. The van der Waals surface area contributed by atoms with E-state index in [1.54, 1.807) is 4.90 Å². The standard InChI is InChI=1S/C14H22N2O4S/c1-9-7-16(8-10(9)11(17)19-2)13(18)14(12(15)21)3-5-20-6-4-14/h9-10H,3-8H2,1-2H3,(H2,15,21). The van der Waals surface area contributed by atoms with Crippen molar-refractivity contribution in [3.63, 3.8) is 0 Å². The van der Waals surface area contributed by atoms with Crippen molar-refractivity contribution in [2.75, 3.05) is 33.4 Å². The Hall–Kier alpha value is -1.21. The second-order valence-corrected chi connectivity index (χ2v) is 6.32. The molecular weight excluding hydrogens is 292 g/mol. The van der Waals surface area contributed by atoms with Crippen LogP contribution in [-0.2, 0) is 19.1 Å². The smallest absolute Gasteiger partial charge is 0.310 e. The summed E-state index contributed by atoms with van der Waals surface area (Å²) in [7, 11) is 1.37. The van der Waals surface area contributed by atoms with Crippen LogP contribution in [-0.4, -0.2) is 55.2 Å². The summed E-state index contributed by atoms with van der Waals surface area (Å²) in [4.78, 5) is 26.6. The van der Waals surface area contributed by atoms with Crippen LogP contribution in [0.25, 0.3) is 0 Å². The van der Waals surface area contributed by atoms with Gasteiger partial charge in [0.25, 0.3) is 0 Å². The first-order chi connectivity index (χ1) is 9.92. The van der Waals surface area contributed by atoms with Crippen molar-refractivity contribution in [2.24, 2.45) is 23.0 Å². The van der Waals surface area contributed by atoms with Crippen molar-refractivity contribution in [1.82, 2.24) is 4.90 Å². The SMILES string of the molecule is COC(=O)C1CN(C(=O)C2(C(N)=S)CCOCC2)CC1C. The van der Waals surface area contributed by atoms with Gasteiger partial charge in [-0.05, 0) is 18.8 Å². The summed E-state index contributed by atoms with van der Waals surface area (Å²) in [6.07, 6.45) is 1.02. The van der Waals surface area contributed by atoms with E-state index in [-0.39, 0.29) is 28.7 Å². The molecule has 0 radical (unpaired) electrons. The van der Waals surface area contributed by atoms with Crippen LogP contribution in [0.1, 0.15) is 19.8 Å². The zero-order valence-corrected chi connectivity index (χ0v) is 13.3. The summed E-state index contributed by atoms with van der Waals surface area (Å²) in [6, 6.07) is 0. The summed E-state index contributed by atoms with van der Waals surface area (Å²) < 4.78 is 10.1. The van der Waals surface area contributed by atoms with Crippen LogP contribution in [0.15, 0.2) is 0 Å². The molecule has 2 aliphatic heterocycles. The Bertz CT molecular complexity index is 448. The fourth-order valence-corrected chi connectivity index (χ4v) is 3.47. The first-order valence-corrected chi connectivity index (χ1v) is 7.58. The highest BCUT2D eigenvalue weighted by Crippen LogP contribution is 2.36. The number of nitrogens with zero attached hydrogens (tertiary/aromatic N) is 1. The zero-order chi connectivity index (χ0) is 15.6. The van der Waals surface area contributed by atoms with E-state index in [9.17, 15) is 9.59 Å². The van der Waals surface area contributed by atoms with Crippen LogP contribution in [0.3, 0.4) is 0 Å². The van der Waals surface area contributed by atoms with Gasteiger partial charge in [-0.15, -0.1) is 0 Å². The number of methoxy groups -OCH3 is 1. The molecule has 6 nitrogen and oxygen atoms in total. The van der Waals surface area contributed by atoms with Gasteiger partial charge in [0, 0.05) is 26.3 Å². The number of thiocarbonyl (C=S) groups is 1. The molecule has 2 atom stereocenters. The van der Waals surface area contributed by atoms with Crippen LogP contribution in [0.4, 0.5) is 0 Å². The van der Waals surface area contributed by atoms with Crippen LogP contribution >= 0.6 is 12.2 Å². The topological polar surface area (TPSA) is 81.9 Å². The molecular formula is C14H22N2O4S. The molecule has 0 bridgehead atoms. The fourth-order valence-electron chi connectivity index (χ4n) is 3.18. The largest absolute Gasteiger partial charge is 0.469 e. The Morgan fingerprint density at radius 2 is 1.95 bits per heavy atom. The van der Waals surface area contributed by atoms with Gasteiger partial charge in [0.05, 0.1) is 18.0 Å². The molecule has 2 unspecified atom stereocenters. The average Bonchev–Trinajstić information content (AvgIpc) is 2.88. The third kappa shape index (κ3) is 2.89. The van der Waals surface area contributed by atoms with Gasteiger partial charge in [0.15, 0.2) is 0 Å². The number of hydrogen-bond donors (Lipinski definition) is 1. The van der Waals surface area contributed by atoms with Crippen molar-refractivity contribution >= 4 is 29.1 Å². The predicted molar refractivity (Wildman–Crippen MR) is 80.5 cm³/mol. The lowest BCUT2D eigenvalue weighted by Crippen LogP contribution is -2.53. The molecule has 2 fully saturated rings. The summed E-state index contributed by atoms with van der Waals surface area (Å²) in [5, 5.41) is 0. The number of carbonyl (C=O) groups is 2. The highest BCUT2D eigenvalue weighted by Gasteiger charge is 2.48. The molecule has 0 saturated carbocycles. The van der Waals surface area contributed by atoms with E-state index in [2.05, 4.69) is 0 Å². The third-order valence-corrected chi connectivity index (χ3v) is 5.02. The third-order valence-electron chi connectivity index (χ3n) is 4.63. The molecule has 0 aromatic rings. The van der Waals surface area contributed by atoms with Crippen molar-refractivity contribution in [1.29, 1.82) is 0 Å². The van der Waals surface area contributed by atoms with Crippen molar-refractivity contribution < 1.29 is 19.1 Å². The Kier molecular flexibility index (Phi) is 4.83. The number of amides is 1. The van der Waals surface area contributed by atoms with E-state index in [1.807, 2.05) is 6.92 Å². The highest BCUT2D eigenvalue weighted by molar-refractivity contribution is 7.80. The van der Waals surface area contributed by atoms with Crippen LogP contribution in [0, 0.1) is 17.3 Å². The molecule has 118 valence electrons. The van der Waals surface area contributed by atoms with E-state index >= 15 is 0 Å². The monoisotopic (exact) mass is 314 g/mol. The Balaban J connectivity index is 2.15. The molecule has 0 aromatic carbocycles. The normalized spacial score (nSPS) is 28.2. The molecule has 0 aromatic heterocycles. The minimum absolute atomic E-state index is 0.0726. The first-order valence-electron chi connectivity index (χ1n) is 7.17. The maximum absolute atomic E-state index is 12.9. The predicted octanol–water partition coefficient (Wildman–Crippen LogP) is 0.337. The molecule has 2 rings (SSSR count). The molecule has 0 aliphatic carbocycles. The Morgan fingerprint density at radius 1 is 1.33 bits per heavy atom. The van der Waals surface area contributed by atoms with Gasteiger partial charge in [-0.25, -0.2) is 0 Å². The van der Waals surface area contributed by atoms with Gasteiger partial charge in [-0.1, -0.05) is 19.1 Å². The maximum Gasteiger partial charge on any atom is 0.310 e. The van der Waals surface area contributed by atoms with E-state index in [0.717, 1.165) is 0 Å². The molecule has 2 aliphatic rings. The van der Waals surface area contributed by atoms with Crippen molar-refractivity contribution in [2.45, 2.75) is 19.8 Å². The van der Waals surface area contributed by atoms with Gasteiger partial charge in [0.2, 0.25) is 5.91 Å². The zero-order valence-electron chi connectivity index (χ0n) is 12.5. The molecule has 0 spiro atoms. The van der Waals surface area contributed by atoms with Crippen LogP contribution < -0.4 is 5.73 Å². The van der Waals surface area contributed by atoms with E-state index < -0.39 is 5.41 Å². The minimum atomic E-state index is -0.821. The van der Waals surface area contributed by atoms with E-state index in [1.165, 1.54) is 7.11 Å². The Labute approximate surface area is 129 Å². The number of hydrogen-bond acceptors (Lipinski definition) is 5. The van der Waals surface area contributed by atoms with Crippen molar-refractivity contribution in [3.05, 3.63) is 0 Å². The quantitative estimate of drug-likeness (QED) is 0.597. The first kappa shape index (κ1) is 16.2. The van der Waals surface area contributed by atoms with Crippen molar-refractivity contribution in [3.8, 4) is 0 Å². The summed E-state index contributed by atoms with van der Waals surface area (Å²) in [5.41, 5.74) is 5.04. The summed E-state index contributed by atoms with van der Waals surface area (Å²) in [6.45, 7) is 3.81. The lowest BCUT2D eigenvalue weighted by molar-refractivity contribution is -0.146. The van der Waals surface area contributed by atoms with Gasteiger partial charge in [-0.3, -0.25) is 9.59 Å². The van der Waals surface area contributed by atoms with Gasteiger partial charge < -0.3 is 20.1 Å². The average molecular weight is 314 g/mol. The number of esters is 1. The maximum atomic E-state index is 12.9. The van der Waals surface area contributed by atoms with Gasteiger partial charge >= 0.3 is 5.97 Å². The Morgan fingerprint density at radius 3 is 2.48 bits per heavy atom. The molecule has 1 amide bonds. The van der Waals surface area contributed by atoms with Crippen LogP contribution in [0.2, 0.25) is 0 Å².